The lowest BCUT2D eigenvalue weighted by Crippen LogP contribution is -2.48. The summed E-state index contributed by atoms with van der Waals surface area (Å²) >= 11 is 1.66. The van der Waals surface area contributed by atoms with Gasteiger partial charge < -0.3 is 10.6 Å². The maximum atomic E-state index is 12.9. The Morgan fingerprint density at radius 1 is 1.30 bits per heavy atom. The molecule has 0 amide bonds. The lowest BCUT2D eigenvalue weighted by atomic mass is 10.0. The van der Waals surface area contributed by atoms with Crippen LogP contribution in [0.4, 0.5) is 13.2 Å². The molecule has 2 aromatic rings. The van der Waals surface area contributed by atoms with Gasteiger partial charge in [0, 0.05) is 43.8 Å². The van der Waals surface area contributed by atoms with E-state index in [0.717, 1.165) is 43.0 Å². The Kier molecular flexibility index (Phi) is 9.35. The highest BCUT2D eigenvalue weighted by atomic mass is 127. The zero-order valence-corrected chi connectivity index (χ0v) is 20.1. The van der Waals surface area contributed by atoms with E-state index in [4.69, 9.17) is 0 Å². The van der Waals surface area contributed by atoms with Gasteiger partial charge in [0.15, 0.2) is 5.96 Å². The van der Waals surface area contributed by atoms with Gasteiger partial charge in [-0.25, -0.2) is 4.98 Å². The Morgan fingerprint density at radius 2 is 2.03 bits per heavy atom. The summed E-state index contributed by atoms with van der Waals surface area (Å²) in [5.74, 6) is 0.745. The molecule has 1 aromatic carbocycles. The monoisotopic (exact) mass is 553 g/mol. The Hall–Kier alpha value is -1.40. The number of benzene rings is 1. The number of nitrogens with zero attached hydrogens (tertiary/aromatic N) is 3. The molecule has 0 radical (unpaired) electrons. The molecule has 166 valence electrons. The number of piperidine rings is 1. The average Bonchev–Trinajstić information content (AvgIpc) is 3.11. The third-order valence-corrected chi connectivity index (χ3v) is 5.80. The van der Waals surface area contributed by atoms with Gasteiger partial charge in [0.2, 0.25) is 0 Å². The number of guanidine groups is 1. The predicted molar refractivity (Wildman–Crippen MR) is 125 cm³/mol. The van der Waals surface area contributed by atoms with Gasteiger partial charge in [0.25, 0.3) is 0 Å². The van der Waals surface area contributed by atoms with Gasteiger partial charge in [-0.3, -0.25) is 9.89 Å². The van der Waals surface area contributed by atoms with Crippen molar-refractivity contribution in [2.24, 2.45) is 4.99 Å². The van der Waals surface area contributed by atoms with Crippen molar-refractivity contribution in [3.8, 4) is 0 Å². The van der Waals surface area contributed by atoms with Crippen molar-refractivity contribution in [2.45, 2.75) is 45.1 Å². The Bertz CT molecular complexity index is 832. The number of rotatable bonds is 5. The highest BCUT2D eigenvalue weighted by molar-refractivity contribution is 14.0. The number of halogens is 4. The molecule has 0 bridgehead atoms. The lowest BCUT2D eigenvalue weighted by molar-refractivity contribution is -0.137. The molecule has 30 heavy (non-hydrogen) atoms. The molecular formula is C20H27F3IN5S. The van der Waals surface area contributed by atoms with E-state index in [9.17, 15) is 13.2 Å². The van der Waals surface area contributed by atoms with Crippen LogP contribution in [0, 0.1) is 6.92 Å². The molecule has 1 aromatic heterocycles. The maximum absolute atomic E-state index is 12.9. The van der Waals surface area contributed by atoms with E-state index in [1.54, 1.807) is 24.5 Å². The smallest absolute Gasteiger partial charge is 0.354 e. The fraction of sp³-hybridized carbons (Fsp3) is 0.500. The molecule has 3 rings (SSSR count). The van der Waals surface area contributed by atoms with Crippen molar-refractivity contribution < 1.29 is 13.2 Å². The van der Waals surface area contributed by atoms with Gasteiger partial charge in [-0.15, -0.1) is 35.3 Å². The Balaban J connectivity index is 0.00000320. The van der Waals surface area contributed by atoms with Crippen LogP contribution in [-0.2, 0) is 19.3 Å². The molecule has 0 unspecified atom stereocenters. The number of aliphatic imine (C=N–C) groups is 1. The zero-order valence-electron chi connectivity index (χ0n) is 17.0. The second kappa shape index (κ2) is 11.3. The van der Waals surface area contributed by atoms with E-state index in [2.05, 4.69) is 25.5 Å². The first-order valence-electron chi connectivity index (χ1n) is 9.60. The number of alkyl halides is 3. The fourth-order valence-corrected chi connectivity index (χ4v) is 4.10. The largest absolute Gasteiger partial charge is 0.416 e. The summed E-state index contributed by atoms with van der Waals surface area (Å²) in [5.41, 5.74) is 0.110. The molecule has 1 aliphatic rings. The lowest BCUT2D eigenvalue weighted by Gasteiger charge is -2.33. The summed E-state index contributed by atoms with van der Waals surface area (Å²) < 4.78 is 38.6. The molecule has 5 nitrogen and oxygen atoms in total. The molecular weight excluding hydrogens is 526 g/mol. The summed E-state index contributed by atoms with van der Waals surface area (Å²) in [4.78, 5) is 12.0. The minimum atomic E-state index is -4.30. The second-order valence-electron chi connectivity index (χ2n) is 7.18. The highest BCUT2D eigenvalue weighted by Gasteiger charge is 2.30. The minimum Gasteiger partial charge on any atom is -0.354 e. The predicted octanol–water partition coefficient (Wildman–Crippen LogP) is 4.42. The van der Waals surface area contributed by atoms with E-state index in [1.165, 1.54) is 17.0 Å². The van der Waals surface area contributed by atoms with Gasteiger partial charge >= 0.3 is 6.18 Å². The Morgan fingerprint density at radius 3 is 2.63 bits per heavy atom. The standard InChI is InChI=1S/C20H26F3N5S.HI/c1-14-11-25-18(29-14)12-26-19(24-2)27-17-6-8-28(9-7-17)13-15-4-3-5-16(10-15)20(21,22)23;/h3-5,10-11,17H,6-9,12-13H2,1-2H3,(H2,24,26,27);1H. The zero-order chi connectivity index (χ0) is 20.9. The van der Waals surface area contributed by atoms with E-state index in [0.29, 0.717) is 18.7 Å². The van der Waals surface area contributed by atoms with E-state index < -0.39 is 11.7 Å². The number of hydrogen-bond donors (Lipinski definition) is 2. The Labute approximate surface area is 196 Å². The second-order valence-corrected chi connectivity index (χ2v) is 8.50. The first-order chi connectivity index (χ1) is 13.8. The molecule has 2 heterocycles. The van der Waals surface area contributed by atoms with Crippen LogP contribution >= 0.6 is 35.3 Å². The van der Waals surface area contributed by atoms with E-state index >= 15 is 0 Å². The molecule has 0 saturated carbocycles. The fourth-order valence-electron chi connectivity index (χ4n) is 3.37. The van der Waals surface area contributed by atoms with Crippen molar-refractivity contribution in [1.29, 1.82) is 0 Å². The van der Waals surface area contributed by atoms with Gasteiger partial charge in [-0.05, 0) is 31.4 Å². The van der Waals surface area contributed by atoms with Crippen LogP contribution in [0.5, 0.6) is 0 Å². The van der Waals surface area contributed by atoms with Crippen LogP contribution < -0.4 is 10.6 Å². The molecule has 2 N–H and O–H groups in total. The number of likely N-dealkylation sites (tertiary alicyclic amines) is 1. The van der Waals surface area contributed by atoms with Crippen LogP contribution in [0.2, 0.25) is 0 Å². The van der Waals surface area contributed by atoms with Crippen molar-refractivity contribution in [1.82, 2.24) is 20.5 Å². The quantitative estimate of drug-likeness (QED) is 0.327. The molecule has 0 spiro atoms. The van der Waals surface area contributed by atoms with E-state index in [-0.39, 0.29) is 30.0 Å². The average molecular weight is 553 g/mol. The summed E-state index contributed by atoms with van der Waals surface area (Å²) in [5, 5.41) is 7.74. The van der Waals surface area contributed by atoms with Crippen LogP contribution in [0.3, 0.4) is 0 Å². The summed E-state index contributed by atoms with van der Waals surface area (Å²) in [6, 6.07) is 5.89. The van der Waals surface area contributed by atoms with Crippen molar-refractivity contribution in [3.05, 3.63) is 51.5 Å². The molecule has 1 fully saturated rings. The van der Waals surface area contributed by atoms with Crippen LogP contribution in [-0.4, -0.2) is 42.0 Å². The number of hydrogen-bond acceptors (Lipinski definition) is 4. The highest BCUT2D eigenvalue weighted by Crippen LogP contribution is 2.30. The third kappa shape index (κ3) is 7.38. The number of nitrogens with one attached hydrogen (secondary N) is 2. The SMILES string of the molecule is CN=C(NCc1ncc(C)s1)NC1CCN(Cc2cccc(C(F)(F)F)c2)CC1.I. The molecule has 0 atom stereocenters. The van der Waals surface area contributed by atoms with Crippen molar-refractivity contribution in [3.63, 3.8) is 0 Å². The summed E-state index contributed by atoms with van der Waals surface area (Å²) in [6.07, 6.45) is -0.614. The van der Waals surface area contributed by atoms with Gasteiger partial charge in [-0.1, -0.05) is 18.2 Å². The van der Waals surface area contributed by atoms with Crippen molar-refractivity contribution in [2.75, 3.05) is 20.1 Å². The molecule has 10 heteroatoms. The van der Waals surface area contributed by atoms with Crippen molar-refractivity contribution >= 4 is 41.3 Å². The topological polar surface area (TPSA) is 52.6 Å². The third-order valence-electron chi connectivity index (χ3n) is 4.89. The number of aryl methyl sites for hydroxylation is 1. The first kappa shape index (κ1) is 24.9. The number of aromatic nitrogens is 1. The van der Waals surface area contributed by atoms with Gasteiger partial charge in [0.05, 0.1) is 12.1 Å². The van der Waals surface area contributed by atoms with E-state index in [1.807, 2.05) is 13.1 Å². The minimum absolute atomic E-state index is 0. The van der Waals surface area contributed by atoms with Gasteiger partial charge in [0.1, 0.15) is 5.01 Å². The molecule has 1 aliphatic heterocycles. The summed E-state index contributed by atoms with van der Waals surface area (Å²) in [7, 11) is 1.74. The van der Waals surface area contributed by atoms with Crippen LogP contribution in [0.15, 0.2) is 35.5 Å². The molecule has 0 aliphatic carbocycles. The first-order valence-corrected chi connectivity index (χ1v) is 10.4. The normalized spacial score (nSPS) is 16.2. The maximum Gasteiger partial charge on any atom is 0.416 e. The van der Waals surface area contributed by atoms with Crippen LogP contribution in [0.1, 0.15) is 33.9 Å². The summed E-state index contributed by atoms with van der Waals surface area (Å²) in [6.45, 7) is 4.86. The molecule has 1 saturated heterocycles. The number of thiazole rings is 1. The van der Waals surface area contributed by atoms with Gasteiger partial charge in [-0.2, -0.15) is 13.2 Å². The van der Waals surface area contributed by atoms with Crippen LogP contribution in [0.25, 0.3) is 0 Å².